The Bertz CT molecular complexity index is 1100. The fourth-order valence-corrected chi connectivity index (χ4v) is 4.43. The Balaban J connectivity index is 1.19. The number of amides is 2. The minimum atomic E-state index is -0.328. The number of hydrogen-bond donors (Lipinski definition) is 2. The lowest BCUT2D eigenvalue weighted by Crippen LogP contribution is -2.24. The van der Waals surface area contributed by atoms with E-state index in [0.717, 1.165) is 5.56 Å². The number of anilines is 1. The Morgan fingerprint density at radius 2 is 1.94 bits per heavy atom. The zero-order valence-corrected chi connectivity index (χ0v) is 18.8. The molecule has 0 aliphatic carbocycles. The number of thioether (sulfide) groups is 1. The summed E-state index contributed by atoms with van der Waals surface area (Å²) in [5.41, 5.74) is 1.57. The topological polar surface area (TPSA) is 112 Å². The molecule has 0 bridgehead atoms. The quantitative estimate of drug-likeness (QED) is 0.489. The number of carbonyl (C=O) groups excluding carboxylic acids is 2. The zero-order chi connectivity index (χ0) is 22.3. The van der Waals surface area contributed by atoms with Gasteiger partial charge in [-0.25, -0.2) is 0 Å². The van der Waals surface area contributed by atoms with E-state index in [2.05, 4.69) is 20.8 Å². The van der Waals surface area contributed by atoms with E-state index in [1.54, 1.807) is 31.4 Å². The molecule has 0 fully saturated rings. The van der Waals surface area contributed by atoms with Gasteiger partial charge < -0.3 is 24.8 Å². The second-order valence-electron chi connectivity index (χ2n) is 6.64. The molecular weight excluding hydrogens is 452 g/mol. The molecule has 166 valence electrons. The van der Waals surface area contributed by atoms with Crippen molar-refractivity contribution in [2.75, 3.05) is 25.0 Å². The first-order chi connectivity index (χ1) is 15.6. The molecule has 0 spiro atoms. The van der Waals surface area contributed by atoms with Crippen LogP contribution in [0.1, 0.15) is 20.4 Å². The summed E-state index contributed by atoms with van der Waals surface area (Å²) in [7, 11) is 1.58. The summed E-state index contributed by atoms with van der Waals surface area (Å²) in [5, 5.41) is 14.6. The van der Waals surface area contributed by atoms with Crippen LogP contribution in [-0.4, -0.2) is 41.7 Å². The van der Waals surface area contributed by atoms with Crippen LogP contribution in [0.25, 0.3) is 0 Å². The molecule has 4 rings (SSSR count). The van der Waals surface area contributed by atoms with E-state index in [-0.39, 0.29) is 29.4 Å². The van der Waals surface area contributed by atoms with E-state index in [4.69, 9.17) is 14.2 Å². The maximum atomic E-state index is 12.3. The fourth-order valence-electron chi connectivity index (χ4n) is 2.80. The van der Waals surface area contributed by atoms with Gasteiger partial charge in [0.25, 0.3) is 5.91 Å². The third-order valence-electron chi connectivity index (χ3n) is 4.39. The average Bonchev–Trinajstić information content (AvgIpc) is 3.47. The van der Waals surface area contributed by atoms with Gasteiger partial charge in [0.2, 0.25) is 17.7 Å². The molecule has 1 aliphatic rings. The van der Waals surface area contributed by atoms with Gasteiger partial charge in [-0.3, -0.25) is 9.59 Å². The van der Waals surface area contributed by atoms with E-state index >= 15 is 0 Å². The van der Waals surface area contributed by atoms with Crippen LogP contribution >= 0.6 is 23.1 Å². The van der Waals surface area contributed by atoms with Gasteiger partial charge in [-0.2, -0.15) is 0 Å². The molecule has 1 aromatic heterocycles. The normalized spacial score (nSPS) is 11.8. The van der Waals surface area contributed by atoms with Gasteiger partial charge >= 0.3 is 0 Å². The number of nitrogens with zero attached hydrogens (tertiary/aromatic N) is 2. The maximum Gasteiger partial charge on any atom is 0.286 e. The summed E-state index contributed by atoms with van der Waals surface area (Å²) in [6.07, 6.45) is 0. The van der Waals surface area contributed by atoms with Crippen molar-refractivity contribution in [3.8, 4) is 17.2 Å². The lowest BCUT2D eigenvalue weighted by molar-refractivity contribution is -0.118. The highest BCUT2D eigenvalue weighted by Gasteiger charge is 2.15. The minimum absolute atomic E-state index is 0.0883. The van der Waals surface area contributed by atoms with Crippen molar-refractivity contribution < 1.29 is 23.8 Å². The van der Waals surface area contributed by atoms with Crippen LogP contribution in [0, 0.1) is 0 Å². The van der Waals surface area contributed by atoms with E-state index in [0.29, 0.717) is 40.2 Å². The van der Waals surface area contributed by atoms with Gasteiger partial charge in [-0.15, -0.1) is 22.0 Å². The molecule has 0 unspecified atom stereocenters. The first-order valence-corrected chi connectivity index (χ1v) is 11.6. The number of ether oxygens (including phenoxy) is 3. The summed E-state index contributed by atoms with van der Waals surface area (Å²) in [5.74, 6) is 2.46. The molecule has 2 heterocycles. The Morgan fingerprint density at radius 3 is 2.75 bits per heavy atom. The number of methoxy groups -OCH3 is 1. The van der Waals surface area contributed by atoms with Crippen LogP contribution < -0.4 is 24.8 Å². The van der Waals surface area contributed by atoms with E-state index in [9.17, 15) is 9.59 Å². The summed E-state index contributed by atoms with van der Waals surface area (Å²) in [4.78, 5) is 24.4. The molecule has 3 aromatic rings. The number of hydrogen-bond acceptors (Lipinski definition) is 9. The van der Waals surface area contributed by atoms with Crippen LogP contribution in [0.4, 0.5) is 5.69 Å². The predicted molar refractivity (Wildman–Crippen MR) is 121 cm³/mol. The van der Waals surface area contributed by atoms with Gasteiger partial charge in [0, 0.05) is 18.0 Å². The number of carbonyl (C=O) groups is 2. The second kappa shape index (κ2) is 10.3. The molecule has 11 heteroatoms. The summed E-state index contributed by atoms with van der Waals surface area (Å²) in [6, 6.07) is 12.6. The Hall–Kier alpha value is -3.31. The van der Waals surface area contributed by atoms with Crippen molar-refractivity contribution >= 4 is 40.6 Å². The van der Waals surface area contributed by atoms with Crippen LogP contribution in [0.15, 0.2) is 42.5 Å². The smallest absolute Gasteiger partial charge is 0.286 e. The van der Waals surface area contributed by atoms with Crippen molar-refractivity contribution in [3.63, 3.8) is 0 Å². The predicted octanol–water partition coefficient (Wildman–Crippen LogP) is 3.08. The maximum absolute atomic E-state index is 12.3. The number of benzene rings is 2. The molecule has 0 saturated heterocycles. The standard InChI is InChI=1S/C21H20N4O5S2/c1-28-15-5-3-14(4-6-15)23-20(27)21-25-24-19(32-21)11-31-10-18(26)22-9-13-2-7-16-17(8-13)30-12-29-16/h2-8H,9-12H2,1H3,(H,22,26)(H,23,27). The van der Waals surface area contributed by atoms with E-state index < -0.39 is 0 Å². The Kier molecular flexibility index (Phi) is 7.07. The van der Waals surface area contributed by atoms with Gasteiger partial charge in [0.05, 0.1) is 12.9 Å². The highest BCUT2D eigenvalue weighted by atomic mass is 32.2. The minimum Gasteiger partial charge on any atom is -0.497 e. The van der Waals surface area contributed by atoms with Crippen molar-refractivity contribution in [3.05, 3.63) is 58.0 Å². The highest BCUT2D eigenvalue weighted by molar-refractivity contribution is 7.99. The fraction of sp³-hybridized carbons (Fsp3) is 0.238. The third kappa shape index (κ3) is 5.68. The molecule has 0 saturated carbocycles. The first-order valence-electron chi connectivity index (χ1n) is 9.61. The molecule has 9 nitrogen and oxygen atoms in total. The number of rotatable bonds is 9. The Morgan fingerprint density at radius 1 is 1.12 bits per heavy atom. The van der Waals surface area contributed by atoms with Gasteiger partial charge in [-0.1, -0.05) is 17.4 Å². The monoisotopic (exact) mass is 472 g/mol. The van der Waals surface area contributed by atoms with Gasteiger partial charge in [-0.05, 0) is 42.0 Å². The SMILES string of the molecule is COc1ccc(NC(=O)c2nnc(CSCC(=O)NCc3ccc4c(c3)OCO4)s2)cc1. The van der Waals surface area contributed by atoms with Gasteiger partial charge in [0.15, 0.2) is 11.5 Å². The largest absolute Gasteiger partial charge is 0.497 e. The molecule has 32 heavy (non-hydrogen) atoms. The lowest BCUT2D eigenvalue weighted by Gasteiger charge is -2.06. The average molecular weight is 473 g/mol. The molecule has 2 aromatic carbocycles. The second-order valence-corrected chi connectivity index (χ2v) is 8.69. The molecule has 0 radical (unpaired) electrons. The molecule has 2 amide bonds. The summed E-state index contributed by atoms with van der Waals surface area (Å²) < 4.78 is 15.7. The highest BCUT2D eigenvalue weighted by Crippen LogP contribution is 2.32. The molecule has 2 N–H and O–H groups in total. The van der Waals surface area contributed by atoms with Crippen molar-refractivity contribution in [2.45, 2.75) is 12.3 Å². The van der Waals surface area contributed by atoms with Crippen LogP contribution in [0.3, 0.4) is 0 Å². The number of aromatic nitrogens is 2. The first kappa shape index (κ1) is 21.9. The van der Waals surface area contributed by atoms with Crippen molar-refractivity contribution in [1.29, 1.82) is 0 Å². The third-order valence-corrected chi connectivity index (χ3v) is 6.44. The van der Waals surface area contributed by atoms with Crippen LogP contribution in [0.2, 0.25) is 0 Å². The zero-order valence-electron chi connectivity index (χ0n) is 17.1. The summed E-state index contributed by atoms with van der Waals surface area (Å²) in [6.45, 7) is 0.628. The van der Waals surface area contributed by atoms with Gasteiger partial charge in [0.1, 0.15) is 10.8 Å². The van der Waals surface area contributed by atoms with Crippen LogP contribution in [-0.2, 0) is 17.1 Å². The number of nitrogens with one attached hydrogen (secondary N) is 2. The lowest BCUT2D eigenvalue weighted by atomic mass is 10.2. The molecule has 0 atom stereocenters. The van der Waals surface area contributed by atoms with E-state index in [1.807, 2.05) is 18.2 Å². The molecule has 1 aliphatic heterocycles. The van der Waals surface area contributed by atoms with Crippen molar-refractivity contribution in [1.82, 2.24) is 15.5 Å². The number of fused-ring (bicyclic) bond motifs is 1. The van der Waals surface area contributed by atoms with E-state index in [1.165, 1.54) is 23.1 Å². The Labute approximate surface area is 192 Å². The van der Waals surface area contributed by atoms with Crippen LogP contribution in [0.5, 0.6) is 17.2 Å². The summed E-state index contributed by atoms with van der Waals surface area (Å²) >= 11 is 2.61. The molecular formula is C21H20N4O5S2. The van der Waals surface area contributed by atoms with Crippen molar-refractivity contribution in [2.24, 2.45) is 0 Å².